The quantitative estimate of drug-likeness (QED) is 0.648. The number of nitrogens with zero attached hydrogens (tertiary/aromatic N) is 1. The number of carbonyl (C=O) groups excluding carboxylic acids is 1. The van der Waals surface area contributed by atoms with Crippen LogP contribution in [0.15, 0.2) is 0 Å². The summed E-state index contributed by atoms with van der Waals surface area (Å²) in [4.78, 5) is 13.8. The van der Waals surface area contributed by atoms with E-state index in [4.69, 9.17) is 4.74 Å². The SMILES string of the molecule is CC(NCCCS(C)(=O)=O)C(=O)N1CCOCC1. The predicted octanol–water partition coefficient (Wildman–Crippen LogP) is -0.742. The van der Waals surface area contributed by atoms with Crippen molar-refractivity contribution in [2.45, 2.75) is 19.4 Å². The van der Waals surface area contributed by atoms with Crippen molar-refractivity contribution in [3.05, 3.63) is 0 Å². The number of carbonyl (C=O) groups is 1. The molecule has 7 heteroatoms. The van der Waals surface area contributed by atoms with Gasteiger partial charge in [0.25, 0.3) is 0 Å². The molecule has 0 aromatic heterocycles. The van der Waals surface area contributed by atoms with Crippen molar-refractivity contribution in [1.29, 1.82) is 0 Å². The normalized spacial score (nSPS) is 18.7. The fourth-order valence-corrected chi connectivity index (χ4v) is 2.47. The summed E-state index contributed by atoms with van der Waals surface area (Å²) in [5.41, 5.74) is 0. The molecule has 106 valence electrons. The predicted molar refractivity (Wildman–Crippen MR) is 69.2 cm³/mol. The molecule has 18 heavy (non-hydrogen) atoms. The first-order valence-electron chi connectivity index (χ1n) is 6.18. The van der Waals surface area contributed by atoms with Crippen LogP contribution in [0.4, 0.5) is 0 Å². The Morgan fingerprint density at radius 2 is 2.00 bits per heavy atom. The molecule has 1 rings (SSSR count). The third-order valence-corrected chi connectivity index (χ3v) is 3.87. The molecule has 0 radical (unpaired) electrons. The molecule has 6 nitrogen and oxygen atoms in total. The summed E-state index contributed by atoms with van der Waals surface area (Å²) in [6, 6.07) is -0.275. The molecule has 1 aliphatic heterocycles. The van der Waals surface area contributed by atoms with E-state index >= 15 is 0 Å². The highest BCUT2D eigenvalue weighted by molar-refractivity contribution is 7.90. The molecular weight excluding hydrogens is 256 g/mol. The van der Waals surface area contributed by atoms with Gasteiger partial charge in [0, 0.05) is 19.3 Å². The molecule has 0 bridgehead atoms. The number of rotatable bonds is 6. The number of sulfone groups is 1. The topological polar surface area (TPSA) is 75.7 Å². The van der Waals surface area contributed by atoms with Crippen LogP contribution in [-0.2, 0) is 19.4 Å². The summed E-state index contributed by atoms with van der Waals surface area (Å²) in [7, 11) is -2.91. The number of ether oxygens (including phenoxy) is 1. The number of hydrogen-bond acceptors (Lipinski definition) is 5. The van der Waals surface area contributed by atoms with Gasteiger partial charge in [-0.15, -0.1) is 0 Å². The summed E-state index contributed by atoms with van der Waals surface area (Å²) in [5.74, 6) is 0.205. The summed E-state index contributed by atoms with van der Waals surface area (Å²) in [5, 5.41) is 3.06. The zero-order valence-electron chi connectivity index (χ0n) is 11.0. The van der Waals surface area contributed by atoms with E-state index in [1.54, 1.807) is 11.8 Å². The van der Waals surface area contributed by atoms with Crippen LogP contribution in [0.25, 0.3) is 0 Å². The fraction of sp³-hybridized carbons (Fsp3) is 0.909. The van der Waals surface area contributed by atoms with Gasteiger partial charge in [0.05, 0.1) is 25.0 Å². The van der Waals surface area contributed by atoms with E-state index in [2.05, 4.69) is 5.32 Å². The molecule has 1 fully saturated rings. The van der Waals surface area contributed by atoms with Crippen LogP contribution in [-0.4, -0.2) is 70.1 Å². The van der Waals surface area contributed by atoms with Crippen LogP contribution in [0.5, 0.6) is 0 Å². The van der Waals surface area contributed by atoms with E-state index in [0.29, 0.717) is 39.3 Å². The number of nitrogens with one attached hydrogen (secondary N) is 1. The molecule has 1 atom stereocenters. The molecule has 1 N–H and O–H groups in total. The molecule has 1 aliphatic rings. The monoisotopic (exact) mass is 278 g/mol. The van der Waals surface area contributed by atoms with Crippen LogP contribution in [0.2, 0.25) is 0 Å². The number of hydrogen-bond donors (Lipinski definition) is 1. The Labute approximate surface area is 109 Å². The van der Waals surface area contributed by atoms with Crippen molar-refractivity contribution in [1.82, 2.24) is 10.2 Å². The van der Waals surface area contributed by atoms with Gasteiger partial charge in [-0.1, -0.05) is 0 Å². The molecule has 1 unspecified atom stereocenters. The average molecular weight is 278 g/mol. The van der Waals surface area contributed by atoms with Gasteiger partial charge < -0.3 is 15.0 Å². The zero-order valence-corrected chi connectivity index (χ0v) is 11.8. The molecule has 1 heterocycles. The van der Waals surface area contributed by atoms with Crippen molar-refractivity contribution in [2.75, 3.05) is 44.9 Å². The van der Waals surface area contributed by atoms with Crippen LogP contribution in [0.3, 0.4) is 0 Å². The van der Waals surface area contributed by atoms with Gasteiger partial charge in [-0.3, -0.25) is 4.79 Å². The summed E-state index contributed by atoms with van der Waals surface area (Å²) >= 11 is 0. The van der Waals surface area contributed by atoms with Gasteiger partial charge in [-0.25, -0.2) is 8.42 Å². The fourth-order valence-electron chi connectivity index (χ4n) is 1.80. The van der Waals surface area contributed by atoms with E-state index in [1.807, 2.05) is 0 Å². The highest BCUT2D eigenvalue weighted by Crippen LogP contribution is 2.00. The number of amides is 1. The molecule has 1 amide bonds. The Morgan fingerprint density at radius 1 is 1.39 bits per heavy atom. The van der Waals surface area contributed by atoms with Crippen molar-refractivity contribution in [3.63, 3.8) is 0 Å². The van der Waals surface area contributed by atoms with Gasteiger partial charge in [-0.2, -0.15) is 0 Å². The Kier molecular flexibility index (Phi) is 6.04. The van der Waals surface area contributed by atoms with E-state index in [0.717, 1.165) is 0 Å². The van der Waals surface area contributed by atoms with Gasteiger partial charge in [0.2, 0.25) is 5.91 Å². The largest absolute Gasteiger partial charge is 0.378 e. The maximum atomic E-state index is 12.0. The molecule has 0 spiro atoms. The van der Waals surface area contributed by atoms with E-state index in [-0.39, 0.29) is 17.7 Å². The van der Waals surface area contributed by atoms with E-state index in [1.165, 1.54) is 6.26 Å². The second-order valence-electron chi connectivity index (χ2n) is 4.60. The number of morpholine rings is 1. The summed E-state index contributed by atoms with van der Waals surface area (Å²) in [6.45, 7) is 4.78. The molecular formula is C11H22N2O4S. The second kappa shape index (κ2) is 7.06. The van der Waals surface area contributed by atoms with Crippen LogP contribution in [0, 0.1) is 0 Å². The van der Waals surface area contributed by atoms with Crippen molar-refractivity contribution in [3.8, 4) is 0 Å². The highest BCUT2D eigenvalue weighted by Gasteiger charge is 2.21. The molecule has 0 aromatic rings. The Hall–Kier alpha value is -0.660. The van der Waals surface area contributed by atoms with Crippen molar-refractivity contribution < 1.29 is 17.9 Å². The summed E-state index contributed by atoms with van der Waals surface area (Å²) < 4.78 is 27.1. The maximum absolute atomic E-state index is 12.0. The molecule has 0 saturated carbocycles. The first-order chi connectivity index (χ1) is 8.40. The Bertz CT molecular complexity index is 363. The third kappa shape index (κ3) is 5.79. The van der Waals surface area contributed by atoms with Crippen LogP contribution >= 0.6 is 0 Å². The van der Waals surface area contributed by atoms with E-state index < -0.39 is 9.84 Å². The Balaban J connectivity index is 2.23. The smallest absolute Gasteiger partial charge is 0.239 e. The summed E-state index contributed by atoms with van der Waals surface area (Å²) in [6.07, 6.45) is 1.74. The molecule has 0 aromatic carbocycles. The highest BCUT2D eigenvalue weighted by atomic mass is 32.2. The average Bonchev–Trinajstić information content (AvgIpc) is 2.33. The van der Waals surface area contributed by atoms with Gasteiger partial charge in [-0.05, 0) is 19.9 Å². The second-order valence-corrected chi connectivity index (χ2v) is 6.86. The zero-order chi connectivity index (χ0) is 13.6. The lowest BCUT2D eigenvalue weighted by Crippen LogP contribution is -2.49. The lowest BCUT2D eigenvalue weighted by atomic mass is 10.2. The van der Waals surface area contributed by atoms with Gasteiger partial charge >= 0.3 is 0 Å². The van der Waals surface area contributed by atoms with Crippen LogP contribution in [0.1, 0.15) is 13.3 Å². The van der Waals surface area contributed by atoms with Crippen molar-refractivity contribution >= 4 is 15.7 Å². The first kappa shape index (κ1) is 15.4. The van der Waals surface area contributed by atoms with Gasteiger partial charge in [0.15, 0.2) is 0 Å². The van der Waals surface area contributed by atoms with E-state index in [9.17, 15) is 13.2 Å². The first-order valence-corrected chi connectivity index (χ1v) is 8.24. The maximum Gasteiger partial charge on any atom is 0.239 e. The van der Waals surface area contributed by atoms with Gasteiger partial charge in [0.1, 0.15) is 9.84 Å². The third-order valence-electron chi connectivity index (χ3n) is 2.84. The Morgan fingerprint density at radius 3 is 2.56 bits per heavy atom. The standard InChI is InChI=1S/C11H22N2O4S/c1-10(12-4-3-9-18(2,15)16)11(14)13-5-7-17-8-6-13/h10,12H,3-9H2,1-2H3. The minimum Gasteiger partial charge on any atom is -0.378 e. The van der Waals surface area contributed by atoms with Crippen molar-refractivity contribution in [2.24, 2.45) is 0 Å². The lowest BCUT2D eigenvalue weighted by Gasteiger charge is -2.29. The molecule has 0 aliphatic carbocycles. The minimum absolute atomic E-state index is 0.0534. The minimum atomic E-state index is -2.91. The van der Waals surface area contributed by atoms with Crippen LogP contribution < -0.4 is 5.32 Å². The lowest BCUT2D eigenvalue weighted by molar-refractivity contribution is -0.137. The molecule has 1 saturated heterocycles.